The molecule has 0 radical (unpaired) electrons. The normalized spacial score (nSPS) is 17.1. The van der Waals surface area contributed by atoms with Crippen molar-refractivity contribution in [2.24, 2.45) is 0 Å². The maximum Gasteiger partial charge on any atom is 0.233 e. The Morgan fingerprint density at radius 1 is 1.17 bits per heavy atom. The van der Waals surface area contributed by atoms with Crippen molar-refractivity contribution in [3.8, 4) is 5.69 Å². The maximum atomic E-state index is 12.9. The van der Waals surface area contributed by atoms with Gasteiger partial charge in [0.2, 0.25) is 5.91 Å². The van der Waals surface area contributed by atoms with Gasteiger partial charge in [-0.25, -0.2) is 13.4 Å². The Kier molecular flexibility index (Phi) is 6.56. The molecule has 2 aromatic carbocycles. The molecule has 1 unspecified atom stereocenters. The summed E-state index contributed by atoms with van der Waals surface area (Å²) in [7, 11) is -1.42. The lowest BCUT2D eigenvalue weighted by Crippen LogP contribution is -2.38. The molecule has 0 N–H and O–H groups in total. The average Bonchev–Trinajstić information content (AvgIpc) is 3.54. The minimum atomic E-state index is -3.08. The van der Waals surface area contributed by atoms with E-state index in [1.807, 2.05) is 51.6 Å². The topological polar surface area (TPSA) is 103 Å². The molecule has 1 aliphatic rings. The first-order valence-electron chi connectivity index (χ1n) is 11.0. The lowest BCUT2D eigenvalue weighted by Gasteiger charge is -2.23. The van der Waals surface area contributed by atoms with E-state index in [1.54, 1.807) is 19.4 Å². The molecule has 5 rings (SSSR count). The van der Waals surface area contributed by atoms with Crippen molar-refractivity contribution in [2.75, 3.05) is 24.3 Å². The molecule has 0 bridgehead atoms. The van der Waals surface area contributed by atoms with Gasteiger partial charge in [-0.2, -0.15) is 0 Å². The summed E-state index contributed by atoms with van der Waals surface area (Å²) in [5.41, 5.74) is 2.57. The molecule has 3 heterocycles. The van der Waals surface area contributed by atoms with Gasteiger partial charge in [0.25, 0.3) is 0 Å². The molecule has 1 aliphatic heterocycles. The number of rotatable bonds is 7. The SMILES string of the molecule is CN(C(=O)CSc1nnc(Cn2cnc3ccccc32)n1-c1ccccc1Cl)C1CCS(=O)(=O)C1. The number of hydrogen-bond donors (Lipinski definition) is 0. The summed E-state index contributed by atoms with van der Waals surface area (Å²) in [6.45, 7) is 0.410. The van der Waals surface area contributed by atoms with Crippen molar-refractivity contribution in [2.45, 2.75) is 24.2 Å². The summed E-state index contributed by atoms with van der Waals surface area (Å²) in [5.74, 6) is 0.720. The van der Waals surface area contributed by atoms with Crippen LogP contribution in [0.3, 0.4) is 0 Å². The average molecular weight is 531 g/mol. The molecule has 35 heavy (non-hydrogen) atoms. The fraction of sp³-hybridized carbons (Fsp3) is 0.304. The van der Waals surface area contributed by atoms with Gasteiger partial charge in [0.1, 0.15) is 0 Å². The van der Waals surface area contributed by atoms with Crippen molar-refractivity contribution in [1.82, 2.24) is 29.2 Å². The number of aromatic nitrogens is 5. The van der Waals surface area contributed by atoms with Gasteiger partial charge in [-0.3, -0.25) is 9.36 Å². The van der Waals surface area contributed by atoms with E-state index >= 15 is 0 Å². The van der Waals surface area contributed by atoms with E-state index in [4.69, 9.17) is 11.6 Å². The van der Waals surface area contributed by atoms with Gasteiger partial charge in [0.05, 0.1) is 51.9 Å². The number of fused-ring (bicyclic) bond motifs is 1. The quantitative estimate of drug-likeness (QED) is 0.338. The number of imidazole rings is 1. The number of benzene rings is 2. The highest BCUT2D eigenvalue weighted by Gasteiger charge is 2.32. The van der Waals surface area contributed by atoms with Gasteiger partial charge in [0.15, 0.2) is 20.8 Å². The summed E-state index contributed by atoms with van der Waals surface area (Å²) in [6, 6.07) is 14.9. The molecule has 1 fully saturated rings. The van der Waals surface area contributed by atoms with E-state index in [1.165, 1.54) is 16.7 Å². The number of nitrogens with zero attached hydrogens (tertiary/aromatic N) is 6. The van der Waals surface area contributed by atoms with Crippen LogP contribution in [0.25, 0.3) is 16.7 Å². The van der Waals surface area contributed by atoms with Crippen LogP contribution in [0.4, 0.5) is 0 Å². The fourth-order valence-electron chi connectivity index (χ4n) is 4.17. The van der Waals surface area contributed by atoms with E-state index in [0.29, 0.717) is 34.7 Å². The number of hydrogen-bond acceptors (Lipinski definition) is 7. The van der Waals surface area contributed by atoms with Crippen molar-refractivity contribution >= 4 is 50.1 Å². The molecule has 2 aromatic heterocycles. The lowest BCUT2D eigenvalue weighted by molar-refractivity contribution is -0.128. The van der Waals surface area contributed by atoms with Gasteiger partial charge in [-0.15, -0.1) is 10.2 Å². The van der Waals surface area contributed by atoms with Gasteiger partial charge < -0.3 is 9.47 Å². The van der Waals surface area contributed by atoms with Crippen molar-refractivity contribution in [3.63, 3.8) is 0 Å². The Bertz CT molecular complexity index is 1500. The third-order valence-corrected chi connectivity index (χ3v) is 9.09. The van der Waals surface area contributed by atoms with Crippen molar-refractivity contribution in [3.05, 3.63) is 65.7 Å². The second-order valence-corrected chi connectivity index (χ2v) is 12.0. The van der Waals surface area contributed by atoms with E-state index in [-0.39, 0.29) is 29.2 Å². The van der Waals surface area contributed by atoms with Gasteiger partial charge in [-0.1, -0.05) is 47.6 Å². The number of sulfone groups is 1. The number of halogens is 1. The molecule has 0 spiro atoms. The zero-order valence-corrected chi connectivity index (χ0v) is 21.3. The third-order valence-electron chi connectivity index (χ3n) is 6.11. The van der Waals surface area contributed by atoms with E-state index < -0.39 is 9.84 Å². The molecular formula is C23H23ClN6O3S2. The molecule has 1 amide bonds. The van der Waals surface area contributed by atoms with Gasteiger partial charge in [-0.05, 0) is 30.7 Å². The zero-order chi connectivity index (χ0) is 24.6. The minimum absolute atomic E-state index is 0.0126. The molecule has 0 saturated carbocycles. The van der Waals surface area contributed by atoms with Crippen LogP contribution in [0.2, 0.25) is 5.02 Å². The Labute approximate surface area is 212 Å². The molecular weight excluding hydrogens is 508 g/mol. The van der Waals surface area contributed by atoms with E-state index in [2.05, 4.69) is 15.2 Å². The smallest absolute Gasteiger partial charge is 0.233 e. The Hall–Kier alpha value is -2.89. The first-order valence-corrected chi connectivity index (χ1v) is 14.2. The highest BCUT2D eigenvalue weighted by molar-refractivity contribution is 7.99. The first kappa shape index (κ1) is 23.8. The molecule has 12 heteroatoms. The second kappa shape index (κ2) is 9.63. The standard InChI is InChI=1S/C23H23ClN6O3S2/c1-28(16-10-11-35(32,33)14-16)22(31)13-34-23-27-26-21(30(23)19-8-4-2-6-17(19)24)12-29-15-25-18-7-3-5-9-20(18)29/h2-9,15-16H,10-14H2,1H3. The number of para-hydroxylation sites is 3. The van der Waals surface area contributed by atoms with Crippen molar-refractivity contribution < 1.29 is 13.2 Å². The van der Waals surface area contributed by atoms with Crippen LogP contribution in [0.1, 0.15) is 12.2 Å². The van der Waals surface area contributed by atoms with Crippen LogP contribution < -0.4 is 0 Å². The number of carbonyl (C=O) groups is 1. The van der Waals surface area contributed by atoms with Gasteiger partial charge in [0, 0.05) is 13.1 Å². The Morgan fingerprint density at radius 3 is 2.71 bits per heavy atom. The van der Waals surface area contributed by atoms with Crippen LogP contribution in [-0.4, -0.2) is 73.9 Å². The number of carbonyl (C=O) groups excluding carboxylic acids is 1. The molecule has 182 valence electrons. The van der Waals surface area contributed by atoms with Crippen LogP contribution in [0, 0.1) is 0 Å². The van der Waals surface area contributed by atoms with Crippen LogP contribution in [0.5, 0.6) is 0 Å². The summed E-state index contributed by atoms with van der Waals surface area (Å²) in [4.78, 5) is 18.8. The molecule has 0 aliphatic carbocycles. The summed E-state index contributed by atoms with van der Waals surface area (Å²) in [5, 5.41) is 9.84. The second-order valence-electron chi connectivity index (χ2n) is 8.40. The number of amides is 1. The first-order chi connectivity index (χ1) is 16.8. The zero-order valence-electron chi connectivity index (χ0n) is 18.9. The summed E-state index contributed by atoms with van der Waals surface area (Å²) >= 11 is 7.77. The summed E-state index contributed by atoms with van der Waals surface area (Å²) in [6.07, 6.45) is 2.23. The molecule has 9 nitrogen and oxygen atoms in total. The molecule has 1 saturated heterocycles. The molecule has 1 atom stereocenters. The van der Waals surface area contributed by atoms with Crippen LogP contribution in [0.15, 0.2) is 60.0 Å². The Morgan fingerprint density at radius 2 is 1.94 bits per heavy atom. The number of thioether (sulfide) groups is 1. The lowest BCUT2D eigenvalue weighted by atomic mass is 10.2. The predicted octanol–water partition coefficient (Wildman–Crippen LogP) is 3.06. The summed E-state index contributed by atoms with van der Waals surface area (Å²) < 4.78 is 27.5. The van der Waals surface area contributed by atoms with Crippen LogP contribution >= 0.6 is 23.4 Å². The Balaban J connectivity index is 1.41. The fourth-order valence-corrected chi connectivity index (χ4v) is 7.05. The highest BCUT2D eigenvalue weighted by atomic mass is 35.5. The molecule has 4 aromatic rings. The highest BCUT2D eigenvalue weighted by Crippen LogP contribution is 2.28. The van der Waals surface area contributed by atoms with Crippen molar-refractivity contribution in [1.29, 1.82) is 0 Å². The maximum absolute atomic E-state index is 12.9. The third kappa shape index (κ3) is 4.93. The largest absolute Gasteiger partial charge is 0.341 e. The van der Waals surface area contributed by atoms with Crippen LogP contribution in [-0.2, 0) is 21.2 Å². The van der Waals surface area contributed by atoms with Gasteiger partial charge >= 0.3 is 0 Å². The minimum Gasteiger partial charge on any atom is -0.341 e. The predicted molar refractivity (Wildman–Crippen MR) is 136 cm³/mol. The van der Waals surface area contributed by atoms with E-state index in [0.717, 1.165) is 11.0 Å². The monoisotopic (exact) mass is 530 g/mol. The van der Waals surface area contributed by atoms with E-state index in [9.17, 15) is 13.2 Å².